The summed E-state index contributed by atoms with van der Waals surface area (Å²) in [5, 5.41) is 11.2. The molecule has 4 aromatic heterocycles. The summed E-state index contributed by atoms with van der Waals surface area (Å²) in [5.41, 5.74) is 11.1. The maximum absolute atomic E-state index is 15.9. The smallest absolute Gasteiger partial charge is 0.386 e. The third-order valence-corrected chi connectivity index (χ3v) is 9.70. The van der Waals surface area contributed by atoms with Crippen LogP contribution in [0.5, 0.6) is 0 Å². The van der Waals surface area contributed by atoms with E-state index in [1.165, 1.54) is 17.2 Å². The minimum Gasteiger partial charge on any atom is -0.386 e. The number of nitrogens with two attached hydrogens (primary N) is 2. The number of aromatic nitrogens is 8. The summed E-state index contributed by atoms with van der Waals surface area (Å²) in [4.78, 5) is 34.5. The SMILES string of the molecule is Nc1nc2c(ncn2[C@@H]2O[C@@H]3CO[P@@](=O)(S)O[C@H]4[C@@H](O)[C@H](n5cnc6c(N)ncnc65)O[C@@H]4CO[PH](=O)O[C@H]3[C@H]2F)c(=O)[nH]1. The number of H-pyrrole nitrogens is 1. The summed E-state index contributed by atoms with van der Waals surface area (Å²) >= 11 is 4.03. The number of halogens is 1. The molecule has 3 aliphatic rings. The van der Waals surface area contributed by atoms with E-state index in [2.05, 4.69) is 42.2 Å². The Hall–Kier alpha value is -3.04. The molecule has 20 nitrogen and oxygen atoms in total. The van der Waals surface area contributed by atoms with Gasteiger partial charge in [0.15, 0.2) is 41.3 Å². The fraction of sp³-hybridized carbons (Fsp3) is 0.500. The number of aliphatic hydroxyl groups is 1. The second kappa shape index (κ2) is 11.1. The quantitative estimate of drug-likeness (QED) is 0.137. The fourth-order valence-electron chi connectivity index (χ4n) is 5.24. The number of ether oxygens (including phenoxy) is 2. The molecule has 3 fully saturated rings. The molecule has 0 aliphatic carbocycles. The topological polar surface area (TPSA) is 269 Å². The maximum Gasteiger partial charge on any atom is 0.386 e. The number of rotatable bonds is 2. The van der Waals surface area contributed by atoms with E-state index in [0.29, 0.717) is 0 Å². The molecule has 0 aromatic carbocycles. The summed E-state index contributed by atoms with van der Waals surface area (Å²) in [6.07, 6.45) is -8.11. The van der Waals surface area contributed by atoms with Crippen molar-refractivity contribution in [1.29, 1.82) is 0 Å². The van der Waals surface area contributed by atoms with Crippen LogP contribution in [0.3, 0.4) is 0 Å². The minimum atomic E-state index is -4.31. The van der Waals surface area contributed by atoms with Crippen molar-refractivity contribution in [2.24, 2.45) is 0 Å². The van der Waals surface area contributed by atoms with Gasteiger partial charge in [-0.25, -0.2) is 28.9 Å². The number of nitrogens with zero attached hydrogens (tertiary/aromatic N) is 7. The second-order valence-corrected chi connectivity index (χ2v) is 13.8. The van der Waals surface area contributed by atoms with Crippen LogP contribution in [-0.2, 0) is 36.7 Å². The summed E-state index contributed by atoms with van der Waals surface area (Å²) in [5.74, 6) is -0.154. The predicted molar refractivity (Wildman–Crippen MR) is 148 cm³/mol. The molecule has 236 valence electrons. The lowest BCUT2D eigenvalue weighted by Crippen LogP contribution is -2.37. The van der Waals surface area contributed by atoms with E-state index in [1.54, 1.807) is 0 Å². The Labute approximate surface area is 249 Å². The largest absolute Gasteiger partial charge is 0.386 e. The zero-order valence-corrected chi connectivity index (χ0v) is 24.7. The van der Waals surface area contributed by atoms with Crippen molar-refractivity contribution in [3.05, 3.63) is 29.3 Å². The van der Waals surface area contributed by atoms with Gasteiger partial charge in [-0.2, -0.15) is 4.98 Å². The Morgan fingerprint density at radius 3 is 2.55 bits per heavy atom. The van der Waals surface area contributed by atoms with Gasteiger partial charge in [0, 0.05) is 0 Å². The zero-order chi connectivity index (χ0) is 30.9. The molecular weight excluding hydrogens is 653 g/mol. The van der Waals surface area contributed by atoms with Gasteiger partial charge in [-0.1, -0.05) is 12.2 Å². The van der Waals surface area contributed by atoms with Crippen LogP contribution in [-0.4, -0.2) is 94.0 Å². The van der Waals surface area contributed by atoms with Crippen LogP contribution >= 0.6 is 27.3 Å². The molecule has 7 rings (SSSR count). The number of fused-ring (bicyclic) bond motifs is 4. The zero-order valence-electron chi connectivity index (χ0n) is 21.9. The highest BCUT2D eigenvalue weighted by molar-refractivity contribution is 8.44. The van der Waals surface area contributed by atoms with E-state index < -0.39 is 83.0 Å². The lowest BCUT2D eigenvalue weighted by Gasteiger charge is -2.26. The number of nitrogen functional groups attached to an aromatic ring is 2. The Kier molecular flexibility index (Phi) is 7.47. The van der Waals surface area contributed by atoms with Crippen LogP contribution < -0.4 is 17.0 Å². The van der Waals surface area contributed by atoms with Crippen molar-refractivity contribution in [1.82, 2.24) is 39.0 Å². The van der Waals surface area contributed by atoms with Crippen LogP contribution in [0.4, 0.5) is 16.2 Å². The van der Waals surface area contributed by atoms with Gasteiger partial charge in [0.1, 0.15) is 42.4 Å². The summed E-state index contributed by atoms with van der Waals surface area (Å²) in [6, 6.07) is 0. The van der Waals surface area contributed by atoms with Crippen LogP contribution in [0.15, 0.2) is 23.8 Å². The molecule has 3 saturated heterocycles. The number of anilines is 2. The van der Waals surface area contributed by atoms with Gasteiger partial charge >= 0.3 is 15.1 Å². The molecule has 24 heteroatoms. The fourth-order valence-corrected chi connectivity index (χ4v) is 7.60. The minimum absolute atomic E-state index is 0.0856. The molecule has 0 saturated carbocycles. The Balaban J connectivity index is 1.15. The first-order chi connectivity index (χ1) is 21.0. The van der Waals surface area contributed by atoms with Crippen molar-refractivity contribution in [3.63, 3.8) is 0 Å². The highest BCUT2D eigenvalue weighted by Crippen LogP contribution is 2.57. The van der Waals surface area contributed by atoms with Gasteiger partial charge in [-0.05, 0) is 0 Å². The summed E-state index contributed by atoms with van der Waals surface area (Å²) in [6.45, 7) is -5.45. The van der Waals surface area contributed by atoms with E-state index in [1.807, 2.05) is 0 Å². The summed E-state index contributed by atoms with van der Waals surface area (Å²) in [7, 11) is -3.45. The van der Waals surface area contributed by atoms with Crippen molar-refractivity contribution < 1.29 is 46.2 Å². The van der Waals surface area contributed by atoms with Crippen LogP contribution in [0.2, 0.25) is 0 Å². The highest BCUT2D eigenvalue weighted by Gasteiger charge is 2.52. The normalized spacial score (nSPS) is 36.6. The average molecular weight is 676 g/mol. The number of hydrogen-bond donors (Lipinski definition) is 5. The first kappa shape index (κ1) is 29.7. The van der Waals surface area contributed by atoms with E-state index >= 15 is 4.39 Å². The maximum atomic E-state index is 15.9. The number of thiol groups is 1. The average Bonchev–Trinajstić information content (AvgIpc) is 3.72. The first-order valence-electron chi connectivity index (χ1n) is 12.8. The number of aromatic amines is 1. The molecule has 0 radical (unpaired) electrons. The van der Waals surface area contributed by atoms with Crippen molar-refractivity contribution in [2.45, 2.75) is 49.1 Å². The number of hydrogen-bond acceptors (Lipinski definition) is 17. The molecular formula is C20H23FN10O10P2S. The van der Waals surface area contributed by atoms with Gasteiger partial charge in [0.2, 0.25) is 5.95 Å². The number of aliphatic hydroxyl groups excluding tert-OH is 1. The Morgan fingerprint density at radius 1 is 1.05 bits per heavy atom. The van der Waals surface area contributed by atoms with E-state index in [-0.39, 0.29) is 34.1 Å². The van der Waals surface area contributed by atoms with Crippen LogP contribution in [0, 0.1) is 0 Å². The van der Waals surface area contributed by atoms with Crippen LogP contribution in [0.25, 0.3) is 22.3 Å². The number of nitrogens with one attached hydrogen (secondary N) is 1. The number of alkyl halides is 1. The molecule has 4 aromatic rings. The molecule has 44 heavy (non-hydrogen) atoms. The van der Waals surface area contributed by atoms with Crippen molar-refractivity contribution in [3.8, 4) is 0 Å². The van der Waals surface area contributed by atoms with E-state index in [0.717, 1.165) is 10.9 Å². The highest BCUT2D eigenvalue weighted by atomic mass is 32.7. The number of imidazole rings is 2. The molecule has 6 N–H and O–H groups in total. The molecule has 0 bridgehead atoms. The van der Waals surface area contributed by atoms with Gasteiger partial charge in [-0.3, -0.25) is 32.5 Å². The molecule has 0 spiro atoms. The molecule has 3 aliphatic heterocycles. The van der Waals surface area contributed by atoms with Crippen LogP contribution in [0.1, 0.15) is 12.5 Å². The summed E-state index contributed by atoms with van der Waals surface area (Å²) < 4.78 is 78.1. The molecule has 7 heterocycles. The lowest BCUT2D eigenvalue weighted by atomic mass is 10.1. The van der Waals surface area contributed by atoms with E-state index in [4.69, 9.17) is 39.0 Å². The molecule has 1 unspecified atom stereocenters. The van der Waals surface area contributed by atoms with Crippen molar-refractivity contribution in [2.75, 3.05) is 24.7 Å². The third-order valence-electron chi connectivity index (χ3n) is 7.22. The first-order valence-corrected chi connectivity index (χ1v) is 16.7. The Morgan fingerprint density at radius 2 is 1.75 bits per heavy atom. The third kappa shape index (κ3) is 5.10. The predicted octanol–water partition coefficient (Wildman–Crippen LogP) is -0.138. The standard InChI is InChI=1S/C20H23FN10O10P2S/c21-8-12-7(38-18(8)31-5-27-10-16(31)28-20(23)29-17(10)33)2-37-43(35,44)41-13-6(1-36-42(34)40-12)39-19(11(13)32)30-4-26-9-14(22)24-3-25-15(9)30/h3-8,11-13,18-19,32,42H,1-2H2,(H,35,44)(H2,22,24,25)(H3,23,28,29,33)/t6-,7-,8-,11-,12-,13-,18-,19-,43-/m1/s1. The lowest BCUT2D eigenvalue weighted by molar-refractivity contribution is -0.0550. The van der Waals surface area contributed by atoms with Crippen molar-refractivity contribution >= 4 is 61.4 Å². The molecule has 0 amide bonds. The van der Waals surface area contributed by atoms with Gasteiger partial charge in [-0.15, -0.1) is 0 Å². The van der Waals surface area contributed by atoms with Gasteiger partial charge < -0.3 is 35.1 Å². The van der Waals surface area contributed by atoms with E-state index in [9.17, 15) is 19.0 Å². The van der Waals surface area contributed by atoms with Gasteiger partial charge in [0.25, 0.3) is 5.56 Å². The molecule has 10 atom stereocenters. The monoisotopic (exact) mass is 676 g/mol. The second-order valence-electron chi connectivity index (χ2n) is 9.90. The Bertz CT molecular complexity index is 1880. The van der Waals surface area contributed by atoms with Gasteiger partial charge in [0.05, 0.1) is 25.9 Å².